The molecule has 0 saturated carbocycles. The Balaban J connectivity index is 2.33. The first kappa shape index (κ1) is 9.70. The van der Waals surface area contributed by atoms with Gasteiger partial charge in [-0.05, 0) is 42.2 Å². The van der Waals surface area contributed by atoms with E-state index in [1.54, 1.807) is 0 Å². The molecule has 0 fully saturated rings. The van der Waals surface area contributed by atoms with Gasteiger partial charge >= 0.3 is 0 Å². The third-order valence-corrected chi connectivity index (χ3v) is 3.55. The lowest BCUT2D eigenvalue weighted by Gasteiger charge is -2.27. The molecule has 2 rings (SSSR count). The molecule has 0 saturated heterocycles. The van der Waals surface area contributed by atoms with Gasteiger partial charge in [-0.3, -0.25) is 4.98 Å². The number of pyridine rings is 1. The maximum absolute atomic E-state index is 4.57. The van der Waals surface area contributed by atoms with Crippen LogP contribution >= 0.6 is 0 Å². The van der Waals surface area contributed by atoms with Crippen LogP contribution in [-0.2, 0) is 19.3 Å². The van der Waals surface area contributed by atoms with Crippen LogP contribution in [0.2, 0.25) is 0 Å². The third kappa shape index (κ3) is 1.68. The van der Waals surface area contributed by atoms with E-state index in [2.05, 4.69) is 31.8 Å². The number of nitrogens with zero attached hydrogens (tertiary/aromatic N) is 1. The van der Waals surface area contributed by atoms with Crippen LogP contribution < -0.4 is 0 Å². The van der Waals surface area contributed by atoms with Gasteiger partial charge in [0.2, 0.25) is 0 Å². The molecule has 0 radical (unpaired) electrons. The maximum atomic E-state index is 4.57. The molecule has 0 amide bonds. The quantitative estimate of drug-likeness (QED) is 0.661. The topological polar surface area (TPSA) is 12.9 Å². The van der Waals surface area contributed by atoms with Gasteiger partial charge in [-0.1, -0.05) is 26.8 Å². The summed E-state index contributed by atoms with van der Waals surface area (Å²) in [5, 5.41) is 0. The first-order valence-electron chi connectivity index (χ1n) is 5.67. The lowest BCUT2D eigenvalue weighted by molar-refractivity contribution is 0.356. The van der Waals surface area contributed by atoms with Crippen LogP contribution in [0.5, 0.6) is 0 Å². The van der Waals surface area contributed by atoms with Gasteiger partial charge in [-0.15, -0.1) is 0 Å². The SMILES string of the molecule is CCc1cnc2c(c1)CC(C)C(C)C2. The minimum absolute atomic E-state index is 0.794. The van der Waals surface area contributed by atoms with E-state index in [1.807, 2.05) is 6.20 Å². The van der Waals surface area contributed by atoms with E-state index in [1.165, 1.54) is 29.7 Å². The largest absolute Gasteiger partial charge is 0.261 e. The highest BCUT2D eigenvalue weighted by Gasteiger charge is 2.22. The molecule has 0 N–H and O–H groups in total. The van der Waals surface area contributed by atoms with Crippen molar-refractivity contribution < 1.29 is 0 Å². The van der Waals surface area contributed by atoms with Gasteiger partial charge < -0.3 is 0 Å². The molecular weight excluding hydrogens is 170 g/mol. The van der Waals surface area contributed by atoms with Crippen LogP contribution in [0.15, 0.2) is 12.3 Å². The van der Waals surface area contributed by atoms with E-state index >= 15 is 0 Å². The van der Waals surface area contributed by atoms with Crippen LogP contribution in [-0.4, -0.2) is 4.98 Å². The Bertz CT molecular complexity index is 330. The zero-order valence-corrected chi connectivity index (χ0v) is 9.38. The van der Waals surface area contributed by atoms with Crippen LogP contribution in [0.3, 0.4) is 0 Å². The molecule has 1 aromatic heterocycles. The summed E-state index contributed by atoms with van der Waals surface area (Å²) in [5.41, 5.74) is 4.22. The Morgan fingerprint density at radius 3 is 2.71 bits per heavy atom. The van der Waals surface area contributed by atoms with Crippen molar-refractivity contribution in [3.05, 3.63) is 29.1 Å². The predicted molar refractivity (Wildman–Crippen MR) is 59.4 cm³/mol. The summed E-state index contributed by atoms with van der Waals surface area (Å²) >= 11 is 0. The summed E-state index contributed by atoms with van der Waals surface area (Å²) in [7, 11) is 0. The van der Waals surface area contributed by atoms with Crippen molar-refractivity contribution in [2.45, 2.75) is 40.0 Å². The minimum atomic E-state index is 0.794. The Morgan fingerprint density at radius 1 is 1.29 bits per heavy atom. The number of aryl methyl sites for hydroxylation is 1. The van der Waals surface area contributed by atoms with Crippen molar-refractivity contribution in [3.63, 3.8) is 0 Å². The average molecular weight is 189 g/mol. The number of fused-ring (bicyclic) bond motifs is 1. The predicted octanol–water partition coefficient (Wildman–Crippen LogP) is 3.01. The van der Waals surface area contributed by atoms with Crippen LogP contribution in [0, 0.1) is 11.8 Å². The first-order valence-corrected chi connectivity index (χ1v) is 5.67. The number of rotatable bonds is 1. The van der Waals surface area contributed by atoms with Gasteiger partial charge in [0.15, 0.2) is 0 Å². The summed E-state index contributed by atoms with van der Waals surface area (Å²) in [6.45, 7) is 6.88. The monoisotopic (exact) mass is 189 g/mol. The second-order valence-corrected chi connectivity index (χ2v) is 4.67. The molecule has 76 valence electrons. The van der Waals surface area contributed by atoms with Crippen molar-refractivity contribution in [2.75, 3.05) is 0 Å². The zero-order valence-electron chi connectivity index (χ0n) is 9.38. The van der Waals surface area contributed by atoms with E-state index in [0.717, 1.165) is 18.3 Å². The smallest absolute Gasteiger partial charge is 0.0438 e. The van der Waals surface area contributed by atoms with E-state index in [-0.39, 0.29) is 0 Å². The van der Waals surface area contributed by atoms with Crippen molar-refractivity contribution in [1.82, 2.24) is 4.98 Å². The Morgan fingerprint density at radius 2 is 2.00 bits per heavy atom. The summed E-state index contributed by atoms with van der Waals surface area (Å²) in [5.74, 6) is 1.61. The summed E-state index contributed by atoms with van der Waals surface area (Å²) < 4.78 is 0. The standard InChI is InChI=1S/C13H19N/c1-4-11-7-12-5-9(2)10(3)6-13(12)14-8-11/h7-10H,4-6H2,1-3H3. The summed E-state index contributed by atoms with van der Waals surface area (Å²) in [6.07, 6.45) is 5.53. The fourth-order valence-electron chi connectivity index (χ4n) is 2.20. The van der Waals surface area contributed by atoms with Gasteiger partial charge in [0.25, 0.3) is 0 Å². The Kier molecular flexibility index (Phi) is 2.58. The van der Waals surface area contributed by atoms with Gasteiger partial charge in [0.05, 0.1) is 0 Å². The second-order valence-electron chi connectivity index (χ2n) is 4.67. The fraction of sp³-hybridized carbons (Fsp3) is 0.615. The third-order valence-electron chi connectivity index (χ3n) is 3.55. The lowest BCUT2D eigenvalue weighted by Crippen LogP contribution is -2.21. The highest BCUT2D eigenvalue weighted by atomic mass is 14.7. The lowest BCUT2D eigenvalue weighted by atomic mass is 9.79. The van der Waals surface area contributed by atoms with E-state index in [0.29, 0.717) is 0 Å². The molecule has 0 spiro atoms. The summed E-state index contributed by atoms with van der Waals surface area (Å²) in [6, 6.07) is 2.35. The maximum Gasteiger partial charge on any atom is 0.0438 e. The van der Waals surface area contributed by atoms with Crippen molar-refractivity contribution >= 4 is 0 Å². The molecule has 0 aromatic carbocycles. The Hall–Kier alpha value is -0.850. The van der Waals surface area contributed by atoms with Crippen molar-refractivity contribution in [1.29, 1.82) is 0 Å². The normalized spacial score (nSPS) is 25.9. The molecule has 2 unspecified atom stereocenters. The fourth-order valence-corrected chi connectivity index (χ4v) is 2.20. The zero-order chi connectivity index (χ0) is 10.1. The number of hydrogen-bond acceptors (Lipinski definition) is 1. The molecule has 1 aromatic rings. The first-order chi connectivity index (χ1) is 6.70. The highest BCUT2D eigenvalue weighted by molar-refractivity contribution is 5.28. The molecule has 1 nitrogen and oxygen atoms in total. The molecule has 1 heterocycles. The summed E-state index contributed by atoms with van der Waals surface area (Å²) in [4.78, 5) is 4.57. The van der Waals surface area contributed by atoms with Crippen LogP contribution in [0.4, 0.5) is 0 Å². The number of hydrogen-bond donors (Lipinski definition) is 0. The van der Waals surface area contributed by atoms with E-state index < -0.39 is 0 Å². The molecule has 2 atom stereocenters. The molecule has 1 aliphatic rings. The Labute approximate surface area is 86.6 Å². The van der Waals surface area contributed by atoms with Gasteiger partial charge in [-0.2, -0.15) is 0 Å². The van der Waals surface area contributed by atoms with Crippen LogP contribution in [0.25, 0.3) is 0 Å². The van der Waals surface area contributed by atoms with Gasteiger partial charge in [-0.25, -0.2) is 0 Å². The number of aromatic nitrogens is 1. The molecule has 1 aliphatic carbocycles. The van der Waals surface area contributed by atoms with Crippen LogP contribution in [0.1, 0.15) is 37.6 Å². The van der Waals surface area contributed by atoms with E-state index in [9.17, 15) is 0 Å². The second kappa shape index (κ2) is 3.72. The molecule has 1 heteroatoms. The molecular formula is C13H19N. The van der Waals surface area contributed by atoms with Gasteiger partial charge in [0.1, 0.15) is 0 Å². The van der Waals surface area contributed by atoms with Gasteiger partial charge in [0, 0.05) is 11.9 Å². The minimum Gasteiger partial charge on any atom is -0.261 e. The van der Waals surface area contributed by atoms with Crippen molar-refractivity contribution in [2.24, 2.45) is 11.8 Å². The highest BCUT2D eigenvalue weighted by Crippen LogP contribution is 2.28. The molecule has 0 aliphatic heterocycles. The average Bonchev–Trinajstić information content (AvgIpc) is 2.19. The molecule has 0 bridgehead atoms. The molecule has 14 heavy (non-hydrogen) atoms. The van der Waals surface area contributed by atoms with Crippen molar-refractivity contribution in [3.8, 4) is 0 Å². The van der Waals surface area contributed by atoms with E-state index in [4.69, 9.17) is 0 Å².